The molecule has 0 fully saturated rings. The van der Waals surface area contributed by atoms with Crippen LogP contribution in [0.3, 0.4) is 0 Å². The molecule has 0 spiro atoms. The van der Waals surface area contributed by atoms with Gasteiger partial charge in [-0.25, -0.2) is 0 Å². The molecular weight excluding hydrogens is 306 g/mol. The Morgan fingerprint density at radius 2 is 1.71 bits per heavy atom. The van der Waals surface area contributed by atoms with Gasteiger partial charge in [-0.05, 0) is 32.0 Å². The van der Waals surface area contributed by atoms with Crippen molar-refractivity contribution in [3.05, 3.63) is 53.1 Å². The van der Waals surface area contributed by atoms with Crippen molar-refractivity contribution in [2.24, 2.45) is 0 Å². The second-order valence-electron chi connectivity index (χ2n) is 5.48. The normalized spacial score (nSPS) is 11.5. The molecule has 0 aliphatic heterocycles. The number of methoxy groups -OCH3 is 3. The number of para-hydroxylation sites is 1. The molecule has 1 amide bonds. The Kier molecular flexibility index (Phi) is 5.68. The highest BCUT2D eigenvalue weighted by Gasteiger charge is 2.20. The van der Waals surface area contributed by atoms with Crippen LogP contribution in [0.5, 0.6) is 17.2 Å². The van der Waals surface area contributed by atoms with Crippen molar-refractivity contribution in [3.63, 3.8) is 0 Å². The molecule has 0 radical (unpaired) electrons. The summed E-state index contributed by atoms with van der Waals surface area (Å²) in [5, 5.41) is 2.99. The van der Waals surface area contributed by atoms with E-state index in [1.165, 1.54) is 7.11 Å². The molecule has 24 heavy (non-hydrogen) atoms. The third-order valence-electron chi connectivity index (χ3n) is 3.85. The summed E-state index contributed by atoms with van der Waals surface area (Å²) in [5.41, 5.74) is 2.45. The minimum absolute atomic E-state index is 0.219. The lowest BCUT2D eigenvalue weighted by Gasteiger charge is -2.19. The first-order chi connectivity index (χ1) is 11.5. The van der Waals surface area contributed by atoms with E-state index < -0.39 is 0 Å². The lowest BCUT2D eigenvalue weighted by atomic mass is 10.0. The standard InChI is InChI=1S/C19H23NO4/c1-12-9-10-16(22-3)15(11-12)13(2)20-19(21)14-7-6-8-17(23-4)18(14)24-5/h6-11,13H,1-5H3,(H,20,21). The largest absolute Gasteiger partial charge is 0.496 e. The van der Waals surface area contributed by atoms with Crippen molar-refractivity contribution in [2.75, 3.05) is 21.3 Å². The van der Waals surface area contributed by atoms with Gasteiger partial charge in [0.15, 0.2) is 11.5 Å². The Morgan fingerprint density at radius 1 is 1.00 bits per heavy atom. The van der Waals surface area contributed by atoms with E-state index in [9.17, 15) is 4.79 Å². The lowest BCUT2D eigenvalue weighted by Crippen LogP contribution is -2.27. The van der Waals surface area contributed by atoms with Crippen LogP contribution in [0.25, 0.3) is 0 Å². The molecular formula is C19H23NO4. The number of benzene rings is 2. The number of amides is 1. The van der Waals surface area contributed by atoms with Crippen molar-refractivity contribution in [2.45, 2.75) is 19.9 Å². The van der Waals surface area contributed by atoms with Crippen LogP contribution in [0.2, 0.25) is 0 Å². The Morgan fingerprint density at radius 3 is 2.33 bits per heavy atom. The van der Waals surface area contributed by atoms with E-state index in [4.69, 9.17) is 14.2 Å². The molecule has 0 aliphatic carbocycles. The first kappa shape index (κ1) is 17.7. The van der Waals surface area contributed by atoms with E-state index in [-0.39, 0.29) is 11.9 Å². The van der Waals surface area contributed by atoms with Gasteiger partial charge in [0.25, 0.3) is 5.91 Å². The summed E-state index contributed by atoms with van der Waals surface area (Å²) in [6.45, 7) is 3.92. The van der Waals surface area contributed by atoms with Gasteiger partial charge in [-0.2, -0.15) is 0 Å². The fourth-order valence-electron chi connectivity index (χ4n) is 2.61. The van der Waals surface area contributed by atoms with Crippen LogP contribution in [0.4, 0.5) is 0 Å². The number of nitrogens with one attached hydrogen (secondary N) is 1. The van der Waals surface area contributed by atoms with Gasteiger partial charge >= 0.3 is 0 Å². The van der Waals surface area contributed by atoms with Gasteiger partial charge in [-0.15, -0.1) is 0 Å². The van der Waals surface area contributed by atoms with Crippen LogP contribution < -0.4 is 19.5 Å². The zero-order valence-corrected chi connectivity index (χ0v) is 14.7. The first-order valence-corrected chi connectivity index (χ1v) is 7.68. The summed E-state index contributed by atoms with van der Waals surface area (Å²) in [4.78, 5) is 12.7. The maximum absolute atomic E-state index is 12.7. The van der Waals surface area contributed by atoms with Gasteiger partial charge in [-0.3, -0.25) is 4.79 Å². The van der Waals surface area contributed by atoms with Gasteiger partial charge in [0.05, 0.1) is 32.9 Å². The van der Waals surface area contributed by atoms with Crippen LogP contribution in [-0.4, -0.2) is 27.2 Å². The molecule has 0 saturated heterocycles. The van der Waals surface area contributed by atoms with Gasteiger partial charge in [0, 0.05) is 5.56 Å². The predicted octanol–water partition coefficient (Wildman–Crippen LogP) is 3.51. The molecule has 1 atom stereocenters. The second-order valence-corrected chi connectivity index (χ2v) is 5.48. The molecule has 0 aromatic heterocycles. The molecule has 2 aromatic carbocycles. The van der Waals surface area contributed by atoms with E-state index in [0.29, 0.717) is 17.1 Å². The van der Waals surface area contributed by atoms with Gasteiger partial charge < -0.3 is 19.5 Å². The van der Waals surface area contributed by atoms with Crippen molar-refractivity contribution < 1.29 is 19.0 Å². The lowest BCUT2D eigenvalue weighted by molar-refractivity contribution is 0.0935. The molecule has 1 N–H and O–H groups in total. The fourth-order valence-corrected chi connectivity index (χ4v) is 2.61. The van der Waals surface area contributed by atoms with E-state index in [1.807, 2.05) is 32.0 Å². The quantitative estimate of drug-likeness (QED) is 0.881. The van der Waals surface area contributed by atoms with Crippen LogP contribution in [0.1, 0.15) is 34.5 Å². The molecule has 1 unspecified atom stereocenters. The second kappa shape index (κ2) is 7.73. The highest BCUT2D eigenvalue weighted by atomic mass is 16.5. The van der Waals surface area contributed by atoms with Crippen LogP contribution in [0.15, 0.2) is 36.4 Å². The monoisotopic (exact) mass is 329 g/mol. The number of aryl methyl sites for hydroxylation is 1. The van der Waals surface area contributed by atoms with Crippen LogP contribution in [-0.2, 0) is 0 Å². The van der Waals surface area contributed by atoms with Gasteiger partial charge in [-0.1, -0.05) is 23.8 Å². The average molecular weight is 329 g/mol. The molecule has 128 valence electrons. The number of hydrogen-bond acceptors (Lipinski definition) is 4. The fraction of sp³-hybridized carbons (Fsp3) is 0.316. The molecule has 2 rings (SSSR count). The number of hydrogen-bond donors (Lipinski definition) is 1. The van der Waals surface area contributed by atoms with E-state index >= 15 is 0 Å². The molecule has 0 saturated carbocycles. The number of carbonyl (C=O) groups excluding carboxylic acids is 1. The third-order valence-corrected chi connectivity index (χ3v) is 3.85. The zero-order chi connectivity index (χ0) is 17.7. The summed E-state index contributed by atoms with van der Waals surface area (Å²) in [6.07, 6.45) is 0. The predicted molar refractivity (Wildman–Crippen MR) is 93.2 cm³/mol. The Hall–Kier alpha value is -2.69. The van der Waals surface area contributed by atoms with E-state index in [2.05, 4.69) is 5.32 Å². The Balaban J connectivity index is 2.29. The summed E-state index contributed by atoms with van der Waals surface area (Å²) in [7, 11) is 4.68. The van der Waals surface area contributed by atoms with Gasteiger partial charge in [0.1, 0.15) is 5.75 Å². The van der Waals surface area contributed by atoms with Gasteiger partial charge in [0.2, 0.25) is 0 Å². The number of ether oxygens (including phenoxy) is 3. The maximum atomic E-state index is 12.7. The minimum Gasteiger partial charge on any atom is -0.496 e. The highest BCUT2D eigenvalue weighted by molar-refractivity contribution is 5.98. The molecule has 2 aromatic rings. The average Bonchev–Trinajstić information content (AvgIpc) is 2.60. The summed E-state index contributed by atoms with van der Waals surface area (Å²) in [6, 6.07) is 10.9. The van der Waals surface area contributed by atoms with E-state index in [0.717, 1.165) is 16.9 Å². The number of carbonyl (C=O) groups is 1. The summed E-state index contributed by atoms with van der Waals surface area (Å²) in [5.74, 6) is 1.44. The molecule has 5 nitrogen and oxygen atoms in total. The topological polar surface area (TPSA) is 56.8 Å². The van der Waals surface area contributed by atoms with Crippen molar-refractivity contribution >= 4 is 5.91 Å². The van der Waals surface area contributed by atoms with E-state index in [1.54, 1.807) is 32.4 Å². The van der Waals surface area contributed by atoms with Crippen LogP contribution >= 0.6 is 0 Å². The SMILES string of the molecule is COc1ccc(C)cc1C(C)NC(=O)c1cccc(OC)c1OC. The summed E-state index contributed by atoms with van der Waals surface area (Å²) < 4.78 is 16.0. The highest BCUT2D eigenvalue weighted by Crippen LogP contribution is 2.32. The minimum atomic E-state index is -0.234. The Labute approximate surface area is 142 Å². The molecule has 0 aliphatic rings. The third kappa shape index (κ3) is 3.62. The van der Waals surface area contributed by atoms with Crippen molar-refractivity contribution in [1.29, 1.82) is 0 Å². The molecule has 0 heterocycles. The van der Waals surface area contributed by atoms with Crippen molar-refractivity contribution in [1.82, 2.24) is 5.32 Å². The zero-order valence-electron chi connectivity index (χ0n) is 14.7. The first-order valence-electron chi connectivity index (χ1n) is 7.68. The Bertz CT molecular complexity index is 727. The summed E-state index contributed by atoms with van der Waals surface area (Å²) >= 11 is 0. The van der Waals surface area contributed by atoms with Crippen molar-refractivity contribution in [3.8, 4) is 17.2 Å². The molecule has 0 bridgehead atoms. The molecule has 5 heteroatoms. The smallest absolute Gasteiger partial charge is 0.255 e. The van der Waals surface area contributed by atoms with Crippen LogP contribution in [0, 0.1) is 6.92 Å². The maximum Gasteiger partial charge on any atom is 0.255 e. The number of rotatable bonds is 6.